The second kappa shape index (κ2) is 7.67. The number of carbonyl (C=O) groups is 1. The fourth-order valence-corrected chi connectivity index (χ4v) is 4.13. The lowest BCUT2D eigenvalue weighted by atomic mass is 9.80. The van der Waals surface area contributed by atoms with Crippen LogP contribution in [0, 0.1) is 6.92 Å². The lowest BCUT2D eigenvalue weighted by molar-refractivity contribution is 0.0888. The molecule has 148 valence electrons. The Labute approximate surface area is 174 Å². The number of fused-ring (bicyclic) bond motifs is 1. The molecule has 0 spiro atoms. The predicted octanol–water partition coefficient (Wildman–Crippen LogP) is 2.97. The fraction of sp³-hybridized carbons (Fsp3) is 0.238. The van der Waals surface area contributed by atoms with E-state index in [0.29, 0.717) is 23.7 Å². The minimum Gasteiger partial charge on any atom is -0.437 e. The molecule has 1 aliphatic heterocycles. The number of hydrogen-bond acceptors (Lipinski definition) is 5. The smallest absolute Gasteiger partial charge is 0.376 e. The third-order valence-electron chi connectivity index (χ3n) is 5.43. The van der Waals surface area contributed by atoms with Crippen molar-refractivity contribution in [3.8, 4) is 11.1 Å². The Morgan fingerprint density at radius 2 is 2.10 bits per heavy atom. The standard InChI is InChI=1S/C21H22BClN4O2/c1-12-4-3-5-17(23)18(12)13-6-7-16-14(8-13)9-25-20(24)19(16)21(28)26-15-10-27(11-15)22(2)29/h3-9,15,29H,10-11H2,1-2H3,(H2,24,25)(H,26,28). The highest BCUT2D eigenvalue weighted by molar-refractivity contribution is 6.45. The zero-order valence-corrected chi connectivity index (χ0v) is 17.1. The van der Waals surface area contributed by atoms with Crippen molar-refractivity contribution in [2.45, 2.75) is 19.8 Å². The number of nitrogen functional groups attached to an aromatic ring is 1. The van der Waals surface area contributed by atoms with Gasteiger partial charge in [0.2, 0.25) is 0 Å². The number of carbonyl (C=O) groups excluding carboxylic acids is 1. The van der Waals surface area contributed by atoms with Crippen LogP contribution in [0.5, 0.6) is 0 Å². The molecule has 3 aromatic rings. The van der Waals surface area contributed by atoms with Crippen LogP contribution in [-0.4, -0.2) is 46.9 Å². The first-order chi connectivity index (χ1) is 13.8. The van der Waals surface area contributed by atoms with Gasteiger partial charge in [0.15, 0.2) is 0 Å². The van der Waals surface area contributed by atoms with Crippen LogP contribution < -0.4 is 11.1 Å². The molecular formula is C21H22BClN4O2. The number of halogens is 1. The first kappa shape index (κ1) is 19.7. The van der Waals surface area contributed by atoms with E-state index in [0.717, 1.165) is 27.5 Å². The van der Waals surface area contributed by atoms with Gasteiger partial charge >= 0.3 is 7.05 Å². The quantitative estimate of drug-likeness (QED) is 0.577. The molecule has 0 bridgehead atoms. The Morgan fingerprint density at radius 3 is 2.79 bits per heavy atom. The van der Waals surface area contributed by atoms with Gasteiger partial charge in [-0.25, -0.2) is 4.98 Å². The molecule has 8 heteroatoms. The van der Waals surface area contributed by atoms with Gasteiger partial charge < -0.3 is 20.9 Å². The number of amides is 1. The molecule has 0 unspecified atom stereocenters. The average molecular weight is 409 g/mol. The number of hydrogen-bond donors (Lipinski definition) is 3. The van der Waals surface area contributed by atoms with Crippen LogP contribution in [0.4, 0.5) is 5.82 Å². The fourth-order valence-electron chi connectivity index (χ4n) is 3.80. The van der Waals surface area contributed by atoms with E-state index in [2.05, 4.69) is 10.3 Å². The van der Waals surface area contributed by atoms with Crippen LogP contribution in [0.2, 0.25) is 11.8 Å². The number of aryl methyl sites for hydroxylation is 1. The molecule has 0 atom stereocenters. The minimum absolute atomic E-state index is 0.0168. The Morgan fingerprint density at radius 1 is 1.34 bits per heavy atom. The van der Waals surface area contributed by atoms with Crippen LogP contribution in [0.1, 0.15) is 15.9 Å². The van der Waals surface area contributed by atoms with Gasteiger partial charge in [-0.3, -0.25) is 4.79 Å². The van der Waals surface area contributed by atoms with E-state index in [1.165, 1.54) is 0 Å². The first-order valence-corrected chi connectivity index (χ1v) is 9.89. The largest absolute Gasteiger partial charge is 0.437 e. The van der Waals surface area contributed by atoms with Crippen molar-refractivity contribution in [2.75, 3.05) is 18.8 Å². The van der Waals surface area contributed by atoms with Crippen molar-refractivity contribution in [1.82, 2.24) is 15.1 Å². The van der Waals surface area contributed by atoms with Crippen molar-refractivity contribution in [3.63, 3.8) is 0 Å². The van der Waals surface area contributed by atoms with E-state index in [1.54, 1.807) is 13.0 Å². The number of nitrogens with one attached hydrogen (secondary N) is 1. The highest BCUT2D eigenvalue weighted by Crippen LogP contribution is 2.34. The summed E-state index contributed by atoms with van der Waals surface area (Å²) in [4.78, 5) is 19.0. The summed E-state index contributed by atoms with van der Waals surface area (Å²) < 4.78 is 0. The molecule has 29 heavy (non-hydrogen) atoms. The average Bonchev–Trinajstić information content (AvgIpc) is 2.63. The van der Waals surface area contributed by atoms with Gasteiger partial charge in [-0.15, -0.1) is 0 Å². The van der Waals surface area contributed by atoms with Crippen molar-refractivity contribution in [1.29, 1.82) is 0 Å². The van der Waals surface area contributed by atoms with Crippen LogP contribution in [0.3, 0.4) is 0 Å². The number of nitrogens with two attached hydrogens (primary N) is 1. The summed E-state index contributed by atoms with van der Waals surface area (Å²) in [5, 5.41) is 14.8. The van der Waals surface area contributed by atoms with Crippen LogP contribution in [-0.2, 0) is 0 Å². The van der Waals surface area contributed by atoms with Gasteiger partial charge in [-0.1, -0.05) is 35.9 Å². The summed E-state index contributed by atoms with van der Waals surface area (Å²) in [6.45, 7) is 4.94. The highest BCUT2D eigenvalue weighted by atomic mass is 35.5. The molecular weight excluding hydrogens is 387 g/mol. The van der Waals surface area contributed by atoms with Crippen molar-refractivity contribution in [3.05, 3.63) is 58.7 Å². The van der Waals surface area contributed by atoms with Crippen molar-refractivity contribution >= 4 is 41.1 Å². The highest BCUT2D eigenvalue weighted by Gasteiger charge is 2.33. The number of pyridine rings is 1. The van der Waals surface area contributed by atoms with Gasteiger partial charge in [0.1, 0.15) is 5.82 Å². The van der Waals surface area contributed by atoms with E-state index in [1.807, 2.05) is 48.1 Å². The zero-order valence-electron chi connectivity index (χ0n) is 16.3. The molecule has 0 saturated carbocycles. The Balaban J connectivity index is 1.67. The Bertz CT molecular complexity index is 1080. The number of nitrogens with zero attached hydrogens (tertiary/aromatic N) is 2. The zero-order chi connectivity index (χ0) is 20.7. The summed E-state index contributed by atoms with van der Waals surface area (Å²) in [5.41, 5.74) is 9.43. The number of anilines is 1. The van der Waals surface area contributed by atoms with Crippen LogP contribution in [0.25, 0.3) is 21.9 Å². The van der Waals surface area contributed by atoms with Gasteiger partial charge in [0.05, 0.1) is 11.6 Å². The predicted molar refractivity (Wildman–Crippen MR) is 118 cm³/mol. The third-order valence-corrected chi connectivity index (χ3v) is 5.75. The summed E-state index contributed by atoms with van der Waals surface area (Å²) >= 11 is 6.41. The van der Waals surface area contributed by atoms with Gasteiger partial charge in [-0.2, -0.15) is 0 Å². The minimum atomic E-state index is -0.515. The SMILES string of the molecule is CB(O)N1CC(NC(=O)c2c(N)ncc3cc(-c4c(C)cccc4Cl)ccc23)C1. The molecule has 0 radical (unpaired) electrons. The number of aromatic nitrogens is 1. The number of rotatable bonds is 4. The van der Waals surface area contributed by atoms with Crippen LogP contribution >= 0.6 is 11.6 Å². The maximum Gasteiger partial charge on any atom is 0.376 e. The molecule has 2 aromatic carbocycles. The molecule has 4 N–H and O–H groups in total. The maximum absolute atomic E-state index is 12.9. The normalized spacial score (nSPS) is 14.6. The molecule has 0 aliphatic carbocycles. The summed E-state index contributed by atoms with van der Waals surface area (Å²) in [7, 11) is -0.515. The van der Waals surface area contributed by atoms with Crippen molar-refractivity contribution < 1.29 is 9.82 Å². The molecule has 1 aliphatic rings. The Kier molecular flexibility index (Phi) is 5.21. The topological polar surface area (TPSA) is 91.5 Å². The monoisotopic (exact) mass is 408 g/mol. The van der Waals surface area contributed by atoms with E-state index >= 15 is 0 Å². The lowest BCUT2D eigenvalue weighted by Crippen LogP contribution is -2.63. The molecule has 1 fully saturated rings. The van der Waals surface area contributed by atoms with Gasteiger partial charge in [0.25, 0.3) is 5.91 Å². The van der Waals surface area contributed by atoms with Crippen LogP contribution in [0.15, 0.2) is 42.6 Å². The summed E-state index contributed by atoms with van der Waals surface area (Å²) in [6, 6.07) is 11.6. The number of benzene rings is 2. The second-order valence-corrected chi connectivity index (χ2v) is 7.92. The molecule has 4 rings (SSSR count). The third kappa shape index (κ3) is 3.69. The molecule has 6 nitrogen and oxygen atoms in total. The van der Waals surface area contributed by atoms with E-state index in [9.17, 15) is 9.82 Å². The van der Waals surface area contributed by atoms with Gasteiger partial charge in [0, 0.05) is 35.3 Å². The van der Waals surface area contributed by atoms with Gasteiger partial charge in [-0.05, 0) is 42.4 Å². The maximum atomic E-state index is 12.9. The van der Waals surface area contributed by atoms with E-state index < -0.39 is 7.05 Å². The molecule has 1 saturated heterocycles. The summed E-state index contributed by atoms with van der Waals surface area (Å²) in [6.07, 6.45) is 1.68. The molecule has 2 heterocycles. The second-order valence-electron chi connectivity index (χ2n) is 7.51. The lowest BCUT2D eigenvalue weighted by Gasteiger charge is -2.40. The molecule has 1 amide bonds. The van der Waals surface area contributed by atoms with E-state index in [-0.39, 0.29) is 17.8 Å². The van der Waals surface area contributed by atoms with Crippen molar-refractivity contribution in [2.24, 2.45) is 0 Å². The Hall–Kier alpha value is -2.61. The van der Waals surface area contributed by atoms with E-state index in [4.69, 9.17) is 17.3 Å². The molecule has 1 aromatic heterocycles. The first-order valence-electron chi connectivity index (χ1n) is 9.52. The summed E-state index contributed by atoms with van der Waals surface area (Å²) in [5.74, 6) is -0.0547.